The minimum Gasteiger partial charge on any atom is -0.303 e. The van der Waals surface area contributed by atoms with Crippen molar-refractivity contribution in [2.24, 2.45) is 0 Å². The maximum absolute atomic E-state index is 9.92. The molecule has 0 fully saturated rings. The van der Waals surface area contributed by atoms with Gasteiger partial charge in [0.2, 0.25) is 0 Å². The van der Waals surface area contributed by atoms with Crippen molar-refractivity contribution in [1.29, 1.82) is 0 Å². The van der Waals surface area contributed by atoms with Gasteiger partial charge in [-0.3, -0.25) is 0 Å². The van der Waals surface area contributed by atoms with Crippen LogP contribution in [0.4, 0.5) is 0 Å². The summed E-state index contributed by atoms with van der Waals surface area (Å²) >= 11 is 0. The quantitative estimate of drug-likeness (QED) is 0.318. The largest absolute Gasteiger partial charge is 0.303 e. The molecule has 0 bridgehead atoms. The highest BCUT2D eigenvalue weighted by molar-refractivity contribution is 5.48. The van der Waals surface area contributed by atoms with Crippen molar-refractivity contribution >= 4 is 6.29 Å². The van der Waals surface area contributed by atoms with Crippen molar-refractivity contribution in [2.75, 3.05) is 20.7 Å². The number of hydroxylamine groups is 2. The van der Waals surface area contributed by atoms with Crippen LogP contribution in [0.25, 0.3) is 0 Å². The Morgan fingerprint density at radius 3 is 2.64 bits per heavy atom. The first-order chi connectivity index (χ1) is 5.31. The van der Waals surface area contributed by atoms with E-state index >= 15 is 0 Å². The number of aldehydes is 1. The Bertz CT molecular complexity index is 96.1. The Morgan fingerprint density at radius 2 is 2.09 bits per heavy atom. The van der Waals surface area contributed by atoms with Gasteiger partial charge in [0.15, 0.2) is 0 Å². The van der Waals surface area contributed by atoms with E-state index in [1.54, 1.807) is 12.2 Å². The number of rotatable bonds is 7. The van der Waals surface area contributed by atoms with Gasteiger partial charge in [-0.1, -0.05) is 6.42 Å². The molecule has 66 valence electrons. The number of carbonyl (C=O) groups excluding carboxylic acids is 1. The first-order valence-electron chi connectivity index (χ1n) is 4.00. The summed E-state index contributed by atoms with van der Waals surface area (Å²) in [5.74, 6) is 0. The van der Waals surface area contributed by atoms with Crippen LogP contribution in [0.5, 0.6) is 0 Å². The molecule has 0 aromatic carbocycles. The van der Waals surface area contributed by atoms with Gasteiger partial charge in [0.1, 0.15) is 6.29 Å². The first-order valence-corrected chi connectivity index (χ1v) is 4.00. The molecular formula is C8H17NO2. The first kappa shape index (κ1) is 10.6. The second-order valence-corrected chi connectivity index (χ2v) is 2.55. The minimum atomic E-state index is 0.691. The molecule has 0 aromatic heterocycles. The summed E-state index contributed by atoms with van der Waals surface area (Å²) in [6, 6.07) is 0. The topological polar surface area (TPSA) is 29.5 Å². The van der Waals surface area contributed by atoms with Crippen LogP contribution in [0.1, 0.15) is 25.7 Å². The fraction of sp³-hybridized carbons (Fsp3) is 0.875. The Morgan fingerprint density at radius 1 is 1.36 bits per heavy atom. The van der Waals surface area contributed by atoms with Crippen LogP contribution < -0.4 is 0 Å². The lowest BCUT2D eigenvalue weighted by Gasteiger charge is -2.12. The smallest absolute Gasteiger partial charge is 0.119 e. The van der Waals surface area contributed by atoms with Crippen LogP contribution in [0.3, 0.4) is 0 Å². The number of unbranched alkanes of at least 4 members (excludes halogenated alkanes) is 3. The summed E-state index contributed by atoms with van der Waals surface area (Å²) in [7, 11) is 3.56. The molecule has 11 heavy (non-hydrogen) atoms. The molecule has 0 amide bonds. The van der Waals surface area contributed by atoms with Crippen molar-refractivity contribution in [2.45, 2.75) is 25.7 Å². The molecule has 3 nitrogen and oxygen atoms in total. The average Bonchev–Trinajstić information content (AvgIpc) is 2.04. The predicted octanol–water partition coefficient (Wildman–Crippen LogP) is 1.24. The van der Waals surface area contributed by atoms with Gasteiger partial charge < -0.3 is 9.63 Å². The monoisotopic (exact) mass is 159 g/mol. The van der Waals surface area contributed by atoms with E-state index in [1.165, 1.54) is 0 Å². The van der Waals surface area contributed by atoms with E-state index in [4.69, 9.17) is 4.84 Å². The van der Waals surface area contributed by atoms with Gasteiger partial charge in [0, 0.05) is 20.0 Å². The van der Waals surface area contributed by atoms with Gasteiger partial charge in [0.25, 0.3) is 0 Å². The van der Waals surface area contributed by atoms with Crippen molar-refractivity contribution in [3.8, 4) is 0 Å². The lowest BCUT2D eigenvalue weighted by Crippen LogP contribution is -2.17. The molecule has 0 aliphatic rings. The summed E-state index contributed by atoms with van der Waals surface area (Å²) < 4.78 is 0. The van der Waals surface area contributed by atoms with Crippen LogP contribution in [-0.2, 0) is 9.63 Å². The van der Waals surface area contributed by atoms with Gasteiger partial charge in [-0.2, -0.15) is 5.06 Å². The zero-order valence-electron chi connectivity index (χ0n) is 7.38. The highest BCUT2D eigenvalue weighted by Crippen LogP contribution is 1.98. The summed E-state index contributed by atoms with van der Waals surface area (Å²) in [5, 5.41) is 1.79. The number of nitrogens with zero attached hydrogens (tertiary/aromatic N) is 1. The number of carbonyl (C=O) groups is 1. The van der Waals surface area contributed by atoms with E-state index in [2.05, 4.69) is 0 Å². The Kier molecular flexibility index (Phi) is 7.41. The number of hydrogen-bond acceptors (Lipinski definition) is 3. The predicted molar refractivity (Wildman–Crippen MR) is 44.2 cm³/mol. The van der Waals surface area contributed by atoms with E-state index in [1.807, 2.05) is 7.05 Å². The van der Waals surface area contributed by atoms with Gasteiger partial charge in [-0.15, -0.1) is 0 Å². The molecule has 0 unspecified atom stereocenters. The SMILES string of the molecule is CON(C)CCCCCC=O. The van der Waals surface area contributed by atoms with Crippen LogP contribution in [0.2, 0.25) is 0 Å². The average molecular weight is 159 g/mol. The third kappa shape index (κ3) is 7.49. The van der Waals surface area contributed by atoms with E-state index in [0.717, 1.165) is 32.1 Å². The summed E-state index contributed by atoms with van der Waals surface area (Å²) in [6.45, 7) is 0.940. The molecule has 0 rings (SSSR count). The molecule has 0 aliphatic heterocycles. The molecule has 0 radical (unpaired) electrons. The molecule has 3 heteroatoms. The van der Waals surface area contributed by atoms with Crippen LogP contribution >= 0.6 is 0 Å². The van der Waals surface area contributed by atoms with Crippen molar-refractivity contribution in [1.82, 2.24) is 5.06 Å². The Labute approximate surface area is 68.3 Å². The molecule has 0 heterocycles. The molecule has 0 aliphatic carbocycles. The Balaban J connectivity index is 2.95. The highest BCUT2D eigenvalue weighted by atomic mass is 16.7. The maximum Gasteiger partial charge on any atom is 0.119 e. The van der Waals surface area contributed by atoms with E-state index < -0.39 is 0 Å². The van der Waals surface area contributed by atoms with Gasteiger partial charge in [0.05, 0.1) is 7.11 Å². The standard InChI is InChI=1S/C8H17NO2/c1-9(11-2)7-5-3-4-6-8-10/h8H,3-7H2,1-2H3. The maximum atomic E-state index is 9.92. The van der Waals surface area contributed by atoms with Crippen LogP contribution in [-0.4, -0.2) is 32.1 Å². The van der Waals surface area contributed by atoms with Gasteiger partial charge in [-0.05, 0) is 12.8 Å². The summed E-state index contributed by atoms with van der Waals surface area (Å²) in [5.41, 5.74) is 0. The van der Waals surface area contributed by atoms with Gasteiger partial charge >= 0.3 is 0 Å². The fourth-order valence-corrected chi connectivity index (χ4v) is 0.830. The molecular weight excluding hydrogens is 142 g/mol. The lowest BCUT2D eigenvalue weighted by atomic mass is 10.2. The molecule has 0 N–H and O–H groups in total. The van der Waals surface area contributed by atoms with E-state index in [-0.39, 0.29) is 0 Å². The number of hydrogen-bond donors (Lipinski definition) is 0. The molecule has 0 saturated heterocycles. The van der Waals surface area contributed by atoms with Crippen molar-refractivity contribution in [3.63, 3.8) is 0 Å². The third-order valence-corrected chi connectivity index (χ3v) is 1.61. The molecule has 0 spiro atoms. The highest BCUT2D eigenvalue weighted by Gasteiger charge is 1.93. The zero-order valence-corrected chi connectivity index (χ0v) is 7.38. The molecule has 0 saturated carbocycles. The molecule has 0 atom stereocenters. The van der Waals surface area contributed by atoms with E-state index in [9.17, 15) is 4.79 Å². The molecule has 0 aromatic rings. The van der Waals surface area contributed by atoms with E-state index in [0.29, 0.717) is 6.42 Å². The zero-order chi connectivity index (χ0) is 8.53. The van der Waals surface area contributed by atoms with Gasteiger partial charge in [-0.25, -0.2) is 0 Å². The second-order valence-electron chi connectivity index (χ2n) is 2.55. The lowest BCUT2D eigenvalue weighted by molar-refractivity contribution is -0.110. The Hall–Kier alpha value is -0.410. The van der Waals surface area contributed by atoms with Crippen LogP contribution in [0.15, 0.2) is 0 Å². The van der Waals surface area contributed by atoms with Crippen molar-refractivity contribution < 1.29 is 9.63 Å². The summed E-state index contributed by atoms with van der Waals surface area (Å²) in [6.07, 6.45) is 4.86. The van der Waals surface area contributed by atoms with Crippen LogP contribution in [0, 0.1) is 0 Å². The third-order valence-electron chi connectivity index (χ3n) is 1.61. The normalized spacial score (nSPS) is 10.5. The second kappa shape index (κ2) is 7.69. The summed E-state index contributed by atoms with van der Waals surface area (Å²) in [4.78, 5) is 14.8. The fourth-order valence-electron chi connectivity index (χ4n) is 0.830. The minimum absolute atomic E-state index is 0.691. The van der Waals surface area contributed by atoms with Crippen molar-refractivity contribution in [3.05, 3.63) is 0 Å².